The normalized spacial score (nSPS) is 11.2. The van der Waals surface area contributed by atoms with Gasteiger partial charge < -0.3 is 30.8 Å². The van der Waals surface area contributed by atoms with Crippen LogP contribution < -0.4 is 5.32 Å². The van der Waals surface area contributed by atoms with Crippen LogP contribution in [-0.4, -0.2) is 141 Å². The number of rotatable bonds is 27. The summed E-state index contributed by atoms with van der Waals surface area (Å²) in [6, 6.07) is 0. The maximum absolute atomic E-state index is 12.5. The molecule has 0 saturated carbocycles. The molecule has 15 nitrogen and oxygen atoms in total. The zero-order valence-electron chi connectivity index (χ0n) is 23.0. The minimum absolute atomic E-state index is 0.0139. The molecule has 0 rings (SSSR count). The Morgan fingerprint density at radius 1 is 0.425 bits per heavy atom. The van der Waals surface area contributed by atoms with Gasteiger partial charge in [-0.1, -0.05) is 38.5 Å². The first-order valence-corrected chi connectivity index (χ1v) is 13.4. The van der Waals surface area contributed by atoms with Gasteiger partial charge in [-0.25, -0.2) is 0 Å². The lowest BCUT2D eigenvalue weighted by atomic mass is 10.1. The first-order chi connectivity index (χ1) is 18.9. The Kier molecular flexibility index (Phi) is 20.7. The molecule has 0 atom stereocenters. The Labute approximate surface area is 233 Å². The Balaban J connectivity index is 4.71. The second-order valence-electron chi connectivity index (χ2n) is 9.59. The lowest BCUT2D eigenvalue weighted by Crippen LogP contribution is -2.47. The second kappa shape index (κ2) is 22.5. The molecular formula is C25H44N4O11. The average Bonchev–Trinajstić information content (AvgIpc) is 2.82. The number of nitrogens with zero attached hydrogens (tertiary/aromatic N) is 3. The van der Waals surface area contributed by atoms with Crippen molar-refractivity contribution in [3.63, 3.8) is 0 Å². The van der Waals surface area contributed by atoms with E-state index in [9.17, 15) is 28.8 Å². The van der Waals surface area contributed by atoms with Crippen LogP contribution in [0.4, 0.5) is 0 Å². The number of carbonyl (C=O) groups is 6. The number of hydrogen-bond acceptors (Lipinski definition) is 9. The lowest BCUT2D eigenvalue weighted by molar-refractivity contribution is -0.143. The van der Waals surface area contributed by atoms with E-state index in [0.717, 1.165) is 44.9 Å². The molecule has 40 heavy (non-hydrogen) atoms. The van der Waals surface area contributed by atoms with E-state index in [1.54, 1.807) is 4.90 Å². The molecule has 0 heterocycles. The first kappa shape index (κ1) is 36.7. The molecule has 0 spiro atoms. The minimum Gasteiger partial charge on any atom is -0.481 e. The molecule has 0 radical (unpaired) electrons. The number of carboxylic acids is 5. The summed E-state index contributed by atoms with van der Waals surface area (Å²) in [5.41, 5.74) is 0. The number of aliphatic carboxylic acids is 5. The fraction of sp³-hybridized carbons (Fsp3) is 0.760. The summed E-state index contributed by atoms with van der Waals surface area (Å²) in [5, 5.41) is 47.6. The third kappa shape index (κ3) is 23.8. The summed E-state index contributed by atoms with van der Waals surface area (Å²) in [6.45, 7) is -1.49. The third-order valence-electron chi connectivity index (χ3n) is 5.91. The molecule has 0 unspecified atom stereocenters. The van der Waals surface area contributed by atoms with Crippen molar-refractivity contribution in [2.75, 3.05) is 65.4 Å². The van der Waals surface area contributed by atoms with E-state index in [2.05, 4.69) is 5.32 Å². The van der Waals surface area contributed by atoms with Crippen LogP contribution in [0.1, 0.15) is 57.8 Å². The zero-order valence-corrected chi connectivity index (χ0v) is 23.0. The quantitative estimate of drug-likeness (QED) is 0.0705. The molecule has 0 aliphatic rings. The predicted molar refractivity (Wildman–Crippen MR) is 142 cm³/mol. The average molecular weight is 577 g/mol. The largest absolute Gasteiger partial charge is 0.481 e. The number of carbonyl (C=O) groups excluding carboxylic acids is 1. The van der Waals surface area contributed by atoms with Crippen molar-refractivity contribution < 1.29 is 54.3 Å². The fourth-order valence-electron chi connectivity index (χ4n) is 3.98. The molecule has 230 valence electrons. The maximum Gasteiger partial charge on any atom is 0.317 e. The third-order valence-corrected chi connectivity index (χ3v) is 5.91. The Hall–Kier alpha value is -3.30. The molecular weight excluding hydrogens is 532 g/mol. The Bertz CT molecular complexity index is 738. The SMILES string of the molecule is O=C(O)CCCCCCCCCCNC(=O)CN(CCN(CC(=O)O)CC(=O)O)CCN(CC(=O)O)CC(=O)O. The Morgan fingerprint density at radius 2 is 0.775 bits per heavy atom. The van der Waals surface area contributed by atoms with Gasteiger partial charge in [-0.15, -0.1) is 0 Å². The van der Waals surface area contributed by atoms with Gasteiger partial charge in [0.25, 0.3) is 0 Å². The number of hydrogen-bond donors (Lipinski definition) is 6. The molecule has 0 aromatic carbocycles. The summed E-state index contributed by atoms with van der Waals surface area (Å²) < 4.78 is 0. The number of carboxylic acid groups (broad SMARTS) is 5. The van der Waals surface area contributed by atoms with Crippen LogP contribution >= 0.6 is 0 Å². The van der Waals surface area contributed by atoms with Crippen LogP contribution in [0.2, 0.25) is 0 Å². The highest BCUT2D eigenvalue weighted by molar-refractivity contribution is 5.78. The van der Waals surface area contributed by atoms with Crippen LogP contribution in [-0.2, 0) is 28.8 Å². The summed E-state index contributed by atoms with van der Waals surface area (Å²) in [5.74, 6) is -5.93. The molecule has 1 amide bonds. The van der Waals surface area contributed by atoms with Gasteiger partial charge >= 0.3 is 29.8 Å². The van der Waals surface area contributed by atoms with E-state index < -0.39 is 56.0 Å². The van der Waals surface area contributed by atoms with E-state index in [-0.39, 0.29) is 45.1 Å². The minimum atomic E-state index is -1.21. The summed E-state index contributed by atoms with van der Waals surface area (Å²) in [6.07, 6.45) is 7.50. The van der Waals surface area contributed by atoms with Gasteiger partial charge in [0.15, 0.2) is 0 Å². The van der Waals surface area contributed by atoms with E-state index in [4.69, 9.17) is 25.5 Å². The maximum atomic E-state index is 12.5. The molecule has 0 aromatic rings. The number of nitrogens with one attached hydrogen (secondary N) is 1. The van der Waals surface area contributed by atoms with Crippen molar-refractivity contribution in [1.82, 2.24) is 20.0 Å². The molecule has 15 heteroatoms. The van der Waals surface area contributed by atoms with Gasteiger partial charge in [0, 0.05) is 39.1 Å². The smallest absolute Gasteiger partial charge is 0.317 e. The van der Waals surface area contributed by atoms with Gasteiger partial charge in [-0.05, 0) is 12.8 Å². The fourth-order valence-corrected chi connectivity index (χ4v) is 3.98. The van der Waals surface area contributed by atoms with Crippen molar-refractivity contribution in [2.24, 2.45) is 0 Å². The van der Waals surface area contributed by atoms with Gasteiger partial charge in [0.05, 0.1) is 32.7 Å². The standard InChI is InChI=1S/C25H44N4O11/c30-20(26-10-8-6-4-2-1-3-5-7-9-21(31)32)15-27(11-13-28(16-22(33)34)17-23(35)36)12-14-29(18-24(37)38)19-25(39)40/h1-19H2,(H,26,30)(H,31,32)(H,33,34)(H,35,36)(H,37,38)(H,39,40). The first-order valence-electron chi connectivity index (χ1n) is 13.4. The van der Waals surface area contributed by atoms with Gasteiger partial charge in [-0.2, -0.15) is 0 Å². The van der Waals surface area contributed by atoms with Crippen LogP contribution in [0.15, 0.2) is 0 Å². The summed E-state index contributed by atoms with van der Waals surface area (Å²) in [4.78, 5) is 71.3. The Morgan fingerprint density at radius 3 is 1.15 bits per heavy atom. The predicted octanol–water partition coefficient (Wildman–Crippen LogP) is -0.0575. The van der Waals surface area contributed by atoms with Crippen molar-refractivity contribution in [1.29, 1.82) is 0 Å². The highest BCUT2D eigenvalue weighted by Crippen LogP contribution is 2.09. The van der Waals surface area contributed by atoms with Crippen LogP contribution in [0.3, 0.4) is 0 Å². The van der Waals surface area contributed by atoms with Gasteiger partial charge in [-0.3, -0.25) is 43.5 Å². The van der Waals surface area contributed by atoms with E-state index in [1.807, 2.05) is 0 Å². The van der Waals surface area contributed by atoms with Crippen molar-refractivity contribution >= 4 is 35.8 Å². The highest BCUT2D eigenvalue weighted by Gasteiger charge is 2.19. The molecule has 0 aliphatic heterocycles. The summed E-state index contributed by atoms with van der Waals surface area (Å²) >= 11 is 0. The van der Waals surface area contributed by atoms with E-state index in [0.29, 0.717) is 13.0 Å². The molecule has 0 bridgehead atoms. The van der Waals surface area contributed by atoms with Crippen molar-refractivity contribution in [2.45, 2.75) is 57.8 Å². The zero-order chi connectivity index (χ0) is 30.3. The second-order valence-corrected chi connectivity index (χ2v) is 9.59. The van der Waals surface area contributed by atoms with Crippen LogP contribution in [0.25, 0.3) is 0 Å². The number of amides is 1. The molecule has 6 N–H and O–H groups in total. The molecule has 0 fully saturated rings. The molecule has 0 saturated heterocycles. The van der Waals surface area contributed by atoms with E-state index in [1.165, 1.54) is 9.80 Å². The van der Waals surface area contributed by atoms with E-state index >= 15 is 0 Å². The van der Waals surface area contributed by atoms with Crippen LogP contribution in [0, 0.1) is 0 Å². The topological polar surface area (TPSA) is 225 Å². The molecule has 0 aromatic heterocycles. The van der Waals surface area contributed by atoms with Gasteiger partial charge in [0.2, 0.25) is 5.91 Å². The monoisotopic (exact) mass is 576 g/mol. The van der Waals surface area contributed by atoms with Gasteiger partial charge in [0.1, 0.15) is 0 Å². The van der Waals surface area contributed by atoms with Crippen molar-refractivity contribution in [3.8, 4) is 0 Å². The van der Waals surface area contributed by atoms with Crippen LogP contribution in [0.5, 0.6) is 0 Å². The summed E-state index contributed by atoms with van der Waals surface area (Å²) in [7, 11) is 0. The lowest BCUT2D eigenvalue weighted by Gasteiger charge is -2.28. The molecule has 0 aliphatic carbocycles. The van der Waals surface area contributed by atoms with Crippen molar-refractivity contribution in [3.05, 3.63) is 0 Å². The number of unbranched alkanes of at least 4 members (excludes halogenated alkanes) is 7. The highest BCUT2D eigenvalue weighted by atomic mass is 16.4.